The summed E-state index contributed by atoms with van der Waals surface area (Å²) in [6.07, 6.45) is 4.08. The van der Waals surface area contributed by atoms with Gasteiger partial charge in [0.1, 0.15) is 0 Å². The number of aromatic nitrogens is 2. The molecule has 31 heavy (non-hydrogen) atoms. The first-order valence-electron chi connectivity index (χ1n) is 11.5. The van der Waals surface area contributed by atoms with Crippen molar-refractivity contribution < 1.29 is 4.74 Å². The van der Waals surface area contributed by atoms with Gasteiger partial charge in [-0.2, -0.15) is 0 Å². The van der Waals surface area contributed by atoms with Crippen molar-refractivity contribution in [3.63, 3.8) is 0 Å². The third-order valence-corrected chi connectivity index (χ3v) is 6.91. The quantitative estimate of drug-likeness (QED) is 0.632. The number of rotatable bonds is 8. The molecule has 0 spiro atoms. The standard InChI is InChI=1S/C24H35N5OS/c1-4-10-29-23(22(26-24(29)31)21-8-5-6-9-25-21)20-17-18(2)28(19(20)3)12-7-11-27-13-15-30-16-14-27/h5-6,8-9,17,22-23H,4,7,10-16H2,1-3H3,(H,26,31)/t22-,23-/m0/s1. The lowest BCUT2D eigenvalue weighted by molar-refractivity contribution is 0.0369. The van der Waals surface area contributed by atoms with Gasteiger partial charge in [0.05, 0.1) is 31.0 Å². The first kappa shape index (κ1) is 22.2. The fraction of sp³-hybridized carbons (Fsp3) is 0.583. The molecule has 2 aromatic rings. The summed E-state index contributed by atoms with van der Waals surface area (Å²) in [7, 11) is 0. The minimum Gasteiger partial charge on any atom is -0.379 e. The summed E-state index contributed by atoms with van der Waals surface area (Å²) in [5.41, 5.74) is 5.08. The molecule has 1 N–H and O–H groups in total. The fourth-order valence-corrected chi connectivity index (χ4v) is 5.31. The van der Waals surface area contributed by atoms with E-state index in [0.29, 0.717) is 0 Å². The van der Waals surface area contributed by atoms with Crippen LogP contribution in [0.1, 0.15) is 54.5 Å². The Morgan fingerprint density at radius 2 is 1.97 bits per heavy atom. The Morgan fingerprint density at radius 1 is 1.16 bits per heavy atom. The molecule has 0 saturated carbocycles. The van der Waals surface area contributed by atoms with E-state index in [-0.39, 0.29) is 12.1 Å². The minimum absolute atomic E-state index is 0.0718. The van der Waals surface area contributed by atoms with Crippen LogP contribution < -0.4 is 5.32 Å². The molecule has 0 aliphatic carbocycles. The largest absolute Gasteiger partial charge is 0.379 e. The van der Waals surface area contributed by atoms with Crippen molar-refractivity contribution in [3.8, 4) is 0 Å². The molecule has 2 saturated heterocycles. The monoisotopic (exact) mass is 441 g/mol. The van der Waals surface area contributed by atoms with E-state index < -0.39 is 0 Å². The van der Waals surface area contributed by atoms with Gasteiger partial charge in [-0.15, -0.1) is 0 Å². The SMILES string of the molecule is CCCN1C(=S)N[C@@H](c2ccccn2)[C@@H]1c1cc(C)n(CCCN2CCOCC2)c1C. The van der Waals surface area contributed by atoms with Gasteiger partial charge in [-0.25, -0.2) is 0 Å². The molecule has 0 aromatic carbocycles. The summed E-state index contributed by atoms with van der Waals surface area (Å²) in [5.74, 6) is 0. The summed E-state index contributed by atoms with van der Waals surface area (Å²) in [6.45, 7) is 13.7. The Morgan fingerprint density at radius 3 is 2.68 bits per heavy atom. The molecule has 0 radical (unpaired) electrons. The van der Waals surface area contributed by atoms with Crippen molar-refractivity contribution in [2.75, 3.05) is 39.4 Å². The summed E-state index contributed by atoms with van der Waals surface area (Å²) in [6, 6.07) is 8.73. The lowest BCUT2D eigenvalue weighted by atomic mass is 9.96. The number of pyridine rings is 1. The topological polar surface area (TPSA) is 45.6 Å². The highest BCUT2D eigenvalue weighted by atomic mass is 32.1. The Kier molecular flexibility index (Phi) is 7.25. The van der Waals surface area contributed by atoms with Crippen LogP contribution in [-0.2, 0) is 11.3 Å². The number of aryl methyl sites for hydroxylation is 1. The molecular formula is C24H35N5OS. The smallest absolute Gasteiger partial charge is 0.170 e. The highest BCUT2D eigenvalue weighted by molar-refractivity contribution is 7.80. The average Bonchev–Trinajstić information content (AvgIpc) is 3.26. The number of hydrogen-bond acceptors (Lipinski definition) is 4. The molecule has 0 unspecified atom stereocenters. The molecule has 7 heteroatoms. The van der Waals surface area contributed by atoms with Crippen LogP contribution in [0.2, 0.25) is 0 Å². The van der Waals surface area contributed by atoms with Gasteiger partial charge in [0.15, 0.2) is 5.11 Å². The van der Waals surface area contributed by atoms with E-state index in [1.54, 1.807) is 0 Å². The van der Waals surface area contributed by atoms with Crippen LogP contribution in [0.4, 0.5) is 0 Å². The second-order valence-corrected chi connectivity index (χ2v) is 8.99. The first-order chi connectivity index (χ1) is 15.1. The number of nitrogens with zero attached hydrogens (tertiary/aromatic N) is 4. The van der Waals surface area contributed by atoms with E-state index in [1.165, 1.54) is 17.0 Å². The third-order valence-electron chi connectivity index (χ3n) is 6.55. The third kappa shape index (κ3) is 4.78. The lowest BCUT2D eigenvalue weighted by Gasteiger charge is -2.28. The fourth-order valence-electron chi connectivity index (χ4n) is 4.97. The van der Waals surface area contributed by atoms with Crippen LogP contribution in [0.15, 0.2) is 30.5 Å². The van der Waals surface area contributed by atoms with Gasteiger partial charge < -0.3 is 19.5 Å². The van der Waals surface area contributed by atoms with Crippen LogP contribution in [0, 0.1) is 13.8 Å². The van der Waals surface area contributed by atoms with Gasteiger partial charge in [-0.1, -0.05) is 13.0 Å². The summed E-state index contributed by atoms with van der Waals surface area (Å²) < 4.78 is 7.96. The molecule has 2 aliphatic heterocycles. The number of nitrogens with one attached hydrogen (secondary N) is 1. The minimum atomic E-state index is 0.0718. The van der Waals surface area contributed by atoms with Crippen molar-refractivity contribution >= 4 is 17.3 Å². The van der Waals surface area contributed by atoms with Gasteiger partial charge in [0, 0.05) is 50.3 Å². The predicted octanol–water partition coefficient (Wildman–Crippen LogP) is 3.60. The Bertz CT molecular complexity index is 878. The van der Waals surface area contributed by atoms with Crippen LogP contribution in [-0.4, -0.2) is 63.9 Å². The van der Waals surface area contributed by atoms with E-state index >= 15 is 0 Å². The Labute approximate surface area is 191 Å². The normalized spacial score (nSPS) is 22.2. The summed E-state index contributed by atoms with van der Waals surface area (Å²) in [4.78, 5) is 9.52. The maximum absolute atomic E-state index is 5.75. The number of ether oxygens (including phenoxy) is 1. The molecule has 6 nitrogen and oxygen atoms in total. The van der Waals surface area contributed by atoms with Crippen LogP contribution in [0.25, 0.3) is 0 Å². The van der Waals surface area contributed by atoms with Crippen molar-refractivity contribution in [2.45, 2.75) is 52.2 Å². The lowest BCUT2D eigenvalue weighted by Crippen LogP contribution is -2.37. The predicted molar refractivity (Wildman–Crippen MR) is 128 cm³/mol. The number of thiocarbonyl (C=S) groups is 1. The van der Waals surface area contributed by atoms with Crippen molar-refractivity contribution in [1.82, 2.24) is 24.7 Å². The highest BCUT2D eigenvalue weighted by Crippen LogP contribution is 2.40. The summed E-state index contributed by atoms with van der Waals surface area (Å²) >= 11 is 5.75. The summed E-state index contributed by atoms with van der Waals surface area (Å²) in [5, 5.41) is 4.40. The molecule has 4 rings (SSSR count). The second kappa shape index (κ2) is 10.1. The molecule has 0 bridgehead atoms. The number of morpholine rings is 1. The molecule has 2 aromatic heterocycles. The molecular weight excluding hydrogens is 406 g/mol. The van der Waals surface area contributed by atoms with E-state index in [1.807, 2.05) is 12.3 Å². The molecule has 4 heterocycles. The Hall–Kier alpha value is -1.96. The van der Waals surface area contributed by atoms with E-state index in [0.717, 1.165) is 69.6 Å². The van der Waals surface area contributed by atoms with Gasteiger partial charge in [0.2, 0.25) is 0 Å². The maximum atomic E-state index is 5.75. The molecule has 0 amide bonds. The van der Waals surface area contributed by atoms with E-state index in [4.69, 9.17) is 17.0 Å². The highest BCUT2D eigenvalue weighted by Gasteiger charge is 2.40. The zero-order valence-electron chi connectivity index (χ0n) is 19.0. The van der Waals surface area contributed by atoms with E-state index in [2.05, 4.69) is 63.6 Å². The van der Waals surface area contributed by atoms with Gasteiger partial charge >= 0.3 is 0 Å². The van der Waals surface area contributed by atoms with Gasteiger partial charge in [-0.05, 0) is 62.7 Å². The first-order valence-corrected chi connectivity index (χ1v) is 12.0. The Balaban J connectivity index is 1.56. The molecule has 2 fully saturated rings. The average molecular weight is 442 g/mol. The van der Waals surface area contributed by atoms with Gasteiger partial charge in [-0.3, -0.25) is 9.88 Å². The molecule has 2 atom stereocenters. The van der Waals surface area contributed by atoms with E-state index in [9.17, 15) is 0 Å². The van der Waals surface area contributed by atoms with Gasteiger partial charge in [0.25, 0.3) is 0 Å². The molecule has 2 aliphatic rings. The van der Waals surface area contributed by atoms with Crippen molar-refractivity contribution in [1.29, 1.82) is 0 Å². The van der Waals surface area contributed by atoms with Crippen LogP contribution in [0.5, 0.6) is 0 Å². The van der Waals surface area contributed by atoms with Crippen molar-refractivity contribution in [3.05, 3.63) is 53.1 Å². The van der Waals surface area contributed by atoms with Crippen LogP contribution >= 0.6 is 12.2 Å². The zero-order chi connectivity index (χ0) is 21.8. The van der Waals surface area contributed by atoms with Crippen LogP contribution in [0.3, 0.4) is 0 Å². The number of hydrogen-bond donors (Lipinski definition) is 1. The van der Waals surface area contributed by atoms with Crippen molar-refractivity contribution in [2.24, 2.45) is 0 Å². The zero-order valence-corrected chi connectivity index (χ0v) is 19.8. The second-order valence-electron chi connectivity index (χ2n) is 8.61. The molecule has 168 valence electrons. The maximum Gasteiger partial charge on any atom is 0.170 e.